The molecule has 0 unspecified atom stereocenters. The second kappa shape index (κ2) is 7.42. The van der Waals surface area contributed by atoms with Crippen LogP contribution in [0, 0.1) is 0 Å². The van der Waals surface area contributed by atoms with E-state index >= 15 is 0 Å². The molecule has 22 heavy (non-hydrogen) atoms. The first kappa shape index (κ1) is 15.7. The van der Waals surface area contributed by atoms with Crippen molar-refractivity contribution < 1.29 is 9.90 Å². The Labute approximate surface area is 135 Å². The number of aromatic nitrogens is 1. The van der Waals surface area contributed by atoms with Gasteiger partial charge < -0.3 is 15.3 Å². The van der Waals surface area contributed by atoms with Gasteiger partial charge in [0.1, 0.15) is 0 Å². The van der Waals surface area contributed by atoms with E-state index in [9.17, 15) is 9.90 Å². The van der Waals surface area contributed by atoms with Crippen molar-refractivity contribution in [1.29, 1.82) is 0 Å². The first-order valence-corrected chi connectivity index (χ1v) is 9.22. The van der Waals surface area contributed by atoms with Gasteiger partial charge in [0.2, 0.25) is 0 Å². The smallest absolute Gasteiger partial charge is 0.317 e. The maximum absolute atomic E-state index is 12.1. The largest absolute Gasteiger partial charge is 0.394 e. The number of hydrogen-bond donors (Lipinski definition) is 2. The minimum atomic E-state index is -0.0324. The monoisotopic (exact) mass is 323 g/mol. The molecular weight excluding hydrogens is 298 g/mol. The van der Waals surface area contributed by atoms with Crippen LogP contribution >= 0.6 is 11.3 Å². The highest BCUT2D eigenvalue weighted by atomic mass is 32.1. The summed E-state index contributed by atoms with van der Waals surface area (Å²) in [5, 5.41) is 13.4. The van der Waals surface area contributed by atoms with Gasteiger partial charge in [-0.25, -0.2) is 9.78 Å². The Balaban J connectivity index is 1.40. The van der Waals surface area contributed by atoms with Crippen LogP contribution in [0.2, 0.25) is 0 Å². The fourth-order valence-electron chi connectivity index (χ4n) is 3.34. The average molecular weight is 323 g/mol. The van der Waals surface area contributed by atoms with E-state index in [4.69, 9.17) is 4.98 Å². The summed E-state index contributed by atoms with van der Waals surface area (Å²) in [6.45, 7) is 1.51. The molecule has 1 aliphatic heterocycles. The lowest BCUT2D eigenvalue weighted by molar-refractivity contribution is 0.157. The van der Waals surface area contributed by atoms with Crippen LogP contribution in [0.3, 0.4) is 0 Å². The number of nitrogens with one attached hydrogen (secondary N) is 1. The quantitative estimate of drug-likeness (QED) is 0.816. The van der Waals surface area contributed by atoms with E-state index in [1.54, 1.807) is 4.90 Å². The molecule has 122 valence electrons. The van der Waals surface area contributed by atoms with Crippen molar-refractivity contribution in [2.24, 2.45) is 0 Å². The molecule has 0 aromatic carbocycles. The molecule has 6 heteroatoms. The van der Waals surface area contributed by atoms with Gasteiger partial charge in [-0.2, -0.15) is 0 Å². The SMILES string of the molecule is O=C(NCCCc1nc2c(s1)CCCC2)N1CCC[C@H]1CO. The molecule has 2 N–H and O–H groups in total. The minimum absolute atomic E-state index is 0.00527. The van der Waals surface area contributed by atoms with Gasteiger partial charge in [-0.05, 0) is 44.9 Å². The molecule has 1 aromatic heterocycles. The van der Waals surface area contributed by atoms with Crippen molar-refractivity contribution in [1.82, 2.24) is 15.2 Å². The highest BCUT2D eigenvalue weighted by Gasteiger charge is 2.27. The zero-order valence-corrected chi connectivity index (χ0v) is 13.8. The van der Waals surface area contributed by atoms with E-state index in [2.05, 4.69) is 5.32 Å². The number of aliphatic hydroxyl groups excluding tert-OH is 1. The molecule has 1 aromatic rings. The number of nitrogens with zero attached hydrogens (tertiary/aromatic N) is 2. The van der Waals surface area contributed by atoms with Gasteiger partial charge in [-0.3, -0.25) is 0 Å². The molecule has 3 rings (SSSR count). The summed E-state index contributed by atoms with van der Waals surface area (Å²) in [6.07, 6.45) is 8.68. The number of carbonyl (C=O) groups is 1. The number of urea groups is 1. The molecule has 2 amide bonds. The van der Waals surface area contributed by atoms with Crippen LogP contribution in [0.4, 0.5) is 4.79 Å². The maximum atomic E-state index is 12.1. The van der Waals surface area contributed by atoms with Gasteiger partial charge in [0.05, 0.1) is 23.4 Å². The fourth-order valence-corrected chi connectivity index (χ4v) is 4.54. The van der Waals surface area contributed by atoms with Gasteiger partial charge in [0.25, 0.3) is 0 Å². The standard InChI is InChI=1S/C16H25N3O2S/c20-11-12-5-4-10-19(12)16(21)17-9-3-8-15-18-13-6-1-2-7-14(13)22-15/h12,20H,1-11H2,(H,17,21)/t12-/m0/s1. The summed E-state index contributed by atoms with van der Waals surface area (Å²) in [4.78, 5) is 20.1. The fraction of sp³-hybridized carbons (Fsp3) is 0.750. The first-order chi connectivity index (χ1) is 10.8. The van der Waals surface area contributed by atoms with Gasteiger partial charge in [0.15, 0.2) is 0 Å². The molecular formula is C16H25N3O2S. The maximum Gasteiger partial charge on any atom is 0.317 e. The lowest BCUT2D eigenvalue weighted by atomic mass is 10.0. The minimum Gasteiger partial charge on any atom is -0.394 e. The third-order valence-corrected chi connectivity index (χ3v) is 5.80. The van der Waals surface area contributed by atoms with Crippen molar-refractivity contribution in [3.8, 4) is 0 Å². The van der Waals surface area contributed by atoms with Crippen LogP contribution in [0.25, 0.3) is 0 Å². The number of hydrogen-bond acceptors (Lipinski definition) is 4. The summed E-state index contributed by atoms with van der Waals surface area (Å²) in [7, 11) is 0. The normalized spacial score (nSPS) is 21.0. The van der Waals surface area contributed by atoms with E-state index in [-0.39, 0.29) is 18.7 Å². The third kappa shape index (κ3) is 3.60. The predicted octanol–water partition coefficient (Wildman–Crippen LogP) is 2.12. The Morgan fingerprint density at radius 2 is 2.23 bits per heavy atom. The molecule has 1 atom stereocenters. The van der Waals surface area contributed by atoms with Crippen LogP contribution in [0.5, 0.6) is 0 Å². The highest BCUT2D eigenvalue weighted by molar-refractivity contribution is 7.11. The molecule has 0 spiro atoms. The lowest BCUT2D eigenvalue weighted by Crippen LogP contribution is -2.44. The Morgan fingerprint density at radius 3 is 3.05 bits per heavy atom. The summed E-state index contributed by atoms with van der Waals surface area (Å²) in [6, 6.07) is -0.0272. The van der Waals surface area contributed by atoms with Crippen molar-refractivity contribution in [3.63, 3.8) is 0 Å². The number of fused-ring (bicyclic) bond motifs is 1. The molecule has 1 fully saturated rings. The number of thiazole rings is 1. The molecule has 0 saturated carbocycles. The summed E-state index contributed by atoms with van der Waals surface area (Å²) in [5.74, 6) is 0. The van der Waals surface area contributed by atoms with E-state index in [0.717, 1.165) is 38.6 Å². The highest BCUT2D eigenvalue weighted by Crippen LogP contribution is 2.27. The molecule has 0 radical (unpaired) electrons. The Morgan fingerprint density at radius 1 is 1.36 bits per heavy atom. The Kier molecular flexibility index (Phi) is 5.31. The lowest BCUT2D eigenvalue weighted by Gasteiger charge is -2.23. The number of likely N-dealkylation sites (tertiary alicyclic amines) is 1. The van der Waals surface area contributed by atoms with E-state index in [1.165, 1.54) is 34.8 Å². The molecule has 2 aliphatic rings. The van der Waals surface area contributed by atoms with Crippen molar-refractivity contribution >= 4 is 17.4 Å². The topological polar surface area (TPSA) is 65.5 Å². The van der Waals surface area contributed by atoms with E-state index in [0.29, 0.717) is 6.54 Å². The zero-order valence-electron chi connectivity index (χ0n) is 13.0. The van der Waals surface area contributed by atoms with Crippen molar-refractivity contribution in [2.75, 3.05) is 19.7 Å². The number of aryl methyl sites for hydroxylation is 3. The average Bonchev–Trinajstić information content (AvgIpc) is 3.16. The summed E-state index contributed by atoms with van der Waals surface area (Å²) < 4.78 is 0. The number of amides is 2. The zero-order chi connectivity index (χ0) is 15.4. The van der Waals surface area contributed by atoms with Gasteiger partial charge >= 0.3 is 6.03 Å². The summed E-state index contributed by atoms with van der Waals surface area (Å²) in [5.41, 5.74) is 1.32. The third-order valence-electron chi connectivity index (χ3n) is 4.58. The van der Waals surface area contributed by atoms with Crippen LogP contribution in [-0.2, 0) is 19.3 Å². The van der Waals surface area contributed by atoms with Gasteiger partial charge in [0, 0.05) is 24.4 Å². The van der Waals surface area contributed by atoms with Crippen LogP contribution in [-0.4, -0.2) is 46.8 Å². The Bertz CT molecular complexity index is 494. The first-order valence-electron chi connectivity index (χ1n) is 8.40. The molecule has 1 saturated heterocycles. The predicted molar refractivity (Wildman–Crippen MR) is 87.3 cm³/mol. The van der Waals surface area contributed by atoms with Crippen LogP contribution < -0.4 is 5.32 Å². The second-order valence-electron chi connectivity index (χ2n) is 6.19. The van der Waals surface area contributed by atoms with E-state index in [1.807, 2.05) is 11.3 Å². The van der Waals surface area contributed by atoms with Crippen molar-refractivity contribution in [2.45, 2.75) is 57.4 Å². The molecule has 0 bridgehead atoms. The Hall–Kier alpha value is -1.14. The van der Waals surface area contributed by atoms with E-state index < -0.39 is 0 Å². The molecule has 1 aliphatic carbocycles. The number of carbonyl (C=O) groups excluding carboxylic acids is 1. The van der Waals surface area contributed by atoms with Gasteiger partial charge in [-0.1, -0.05) is 0 Å². The molecule has 2 heterocycles. The van der Waals surface area contributed by atoms with Gasteiger partial charge in [-0.15, -0.1) is 11.3 Å². The number of rotatable bonds is 5. The van der Waals surface area contributed by atoms with Crippen LogP contribution in [0.1, 0.15) is 47.7 Å². The van der Waals surface area contributed by atoms with Crippen LogP contribution in [0.15, 0.2) is 0 Å². The second-order valence-corrected chi connectivity index (χ2v) is 7.36. The van der Waals surface area contributed by atoms with Crippen molar-refractivity contribution in [3.05, 3.63) is 15.6 Å². The summed E-state index contributed by atoms with van der Waals surface area (Å²) >= 11 is 1.86. The molecule has 5 nitrogen and oxygen atoms in total. The number of aliphatic hydroxyl groups is 1.